The van der Waals surface area contributed by atoms with Crippen LogP contribution in [0.1, 0.15) is 26.7 Å². The van der Waals surface area contributed by atoms with Gasteiger partial charge in [0.1, 0.15) is 17.8 Å². The molecular formula is C15H20N2O6. The topological polar surface area (TPSA) is 136 Å². The molecule has 0 amide bonds. The highest BCUT2D eigenvalue weighted by Gasteiger charge is 2.26. The Labute approximate surface area is 133 Å². The molecule has 0 saturated heterocycles. The van der Waals surface area contributed by atoms with Gasteiger partial charge in [-0.3, -0.25) is 4.99 Å². The van der Waals surface area contributed by atoms with Crippen molar-refractivity contribution in [2.75, 3.05) is 0 Å². The number of carboxylic acids is 3. The highest BCUT2D eigenvalue weighted by Crippen LogP contribution is 2.16. The molecule has 0 spiro atoms. The monoisotopic (exact) mass is 324 g/mol. The van der Waals surface area contributed by atoms with E-state index >= 15 is 0 Å². The van der Waals surface area contributed by atoms with Crippen LogP contribution in [-0.2, 0) is 14.4 Å². The minimum atomic E-state index is -1.26. The molecule has 0 aromatic carbocycles. The zero-order valence-corrected chi connectivity index (χ0v) is 12.9. The van der Waals surface area contributed by atoms with Crippen molar-refractivity contribution in [1.82, 2.24) is 5.32 Å². The van der Waals surface area contributed by atoms with Gasteiger partial charge >= 0.3 is 17.9 Å². The Bertz CT molecular complexity index is 577. The number of rotatable bonds is 7. The van der Waals surface area contributed by atoms with Gasteiger partial charge in [0.15, 0.2) is 0 Å². The van der Waals surface area contributed by atoms with E-state index < -0.39 is 30.0 Å². The van der Waals surface area contributed by atoms with Crippen LogP contribution in [0.15, 0.2) is 28.4 Å². The zero-order valence-electron chi connectivity index (χ0n) is 12.9. The number of carbonyl (C=O) groups is 3. The minimum absolute atomic E-state index is 0.0834. The summed E-state index contributed by atoms with van der Waals surface area (Å²) in [6.45, 7) is 3.77. The summed E-state index contributed by atoms with van der Waals surface area (Å²) >= 11 is 0. The van der Waals surface area contributed by atoms with Gasteiger partial charge in [0.05, 0.1) is 0 Å². The molecule has 8 heteroatoms. The smallest absolute Gasteiger partial charge is 0.351 e. The van der Waals surface area contributed by atoms with Crippen molar-refractivity contribution >= 4 is 24.1 Å². The Balaban J connectivity index is 2.93. The van der Waals surface area contributed by atoms with E-state index in [4.69, 9.17) is 15.3 Å². The lowest BCUT2D eigenvalue weighted by Gasteiger charge is -2.21. The molecule has 1 rings (SSSR count). The van der Waals surface area contributed by atoms with Crippen LogP contribution in [0.5, 0.6) is 0 Å². The van der Waals surface area contributed by atoms with Crippen LogP contribution < -0.4 is 5.32 Å². The fraction of sp³-hybridized carbons (Fsp3) is 0.467. The van der Waals surface area contributed by atoms with Crippen LogP contribution in [-0.4, -0.2) is 51.5 Å². The second-order valence-electron chi connectivity index (χ2n) is 5.63. The molecule has 0 fully saturated rings. The Hall–Kier alpha value is -2.64. The lowest BCUT2D eigenvalue weighted by atomic mass is 10.00. The summed E-state index contributed by atoms with van der Waals surface area (Å²) in [7, 11) is 0. The Morgan fingerprint density at radius 2 is 2.00 bits per heavy atom. The summed E-state index contributed by atoms with van der Waals surface area (Å²) in [6.07, 6.45) is 4.50. The largest absolute Gasteiger partial charge is 0.480 e. The first kappa shape index (κ1) is 18.4. The second-order valence-corrected chi connectivity index (χ2v) is 5.63. The molecule has 0 aromatic heterocycles. The Morgan fingerprint density at radius 1 is 1.35 bits per heavy atom. The van der Waals surface area contributed by atoms with Gasteiger partial charge in [-0.2, -0.15) is 0 Å². The molecule has 1 unspecified atom stereocenters. The van der Waals surface area contributed by atoms with Crippen LogP contribution in [0.2, 0.25) is 0 Å². The van der Waals surface area contributed by atoms with Gasteiger partial charge < -0.3 is 20.6 Å². The molecule has 1 heterocycles. The van der Waals surface area contributed by atoms with Gasteiger partial charge in [-0.25, -0.2) is 14.4 Å². The number of carboxylic acid groups (broad SMARTS) is 3. The molecule has 126 valence electrons. The maximum atomic E-state index is 11.1. The van der Waals surface area contributed by atoms with E-state index in [1.807, 2.05) is 13.8 Å². The number of aliphatic imine (C=N–C) groups is 1. The average Bonchev–Trinajstić information content (AvgIpc) is 2.45. The van der Waals surface area contributed by atoms with Crippen molar-refractivity contribution in [3.05, 3.63) is 23.4 Å². The molecule has 0 aromatic rings. The highest BCUT2D eigenvalue weighted by molar-refractivity contribution is 5.89. The number of hydrogen-bond acceptors (Lipinski definition) is 5. The highest BCUT2D eigenvalue weighted by atomic mass is 16.4. The molecular weight excluding hydrogens is 304 g/mol. The lowest BCUT2D eigenvalue weighted by Crippen LogP contribution is -2.41. The van der Waals surface area contributed by atoms with Crippen LogP contribution in [0.4, 0.5) is 0 Å². The van der Waals surface area contributed by atoms with Crippen molar-refractivity contribution in [3.63, 3.8) is 0 Å². The summed E-state index contributed by atoms with van der Waals surface area (Å²) in [5.41, 5.74) is 0.228. The van der Waals surface area contributed by atoms with Crippen molar-refractivity contribution < 1.29 is 29.7 Å². The second kappa shape index (κ2) is 8.11. The fourth-order valence-electron chi connectivity index (χ4n) is 2.06. The maximum absolute atomic E-state index is 11.1. The summed E-state index contributed by atoms with van der Waals surface area (Å²) in [5.74, 6) is -3.30. The number of nitrogens with zero attached hydrogens (tertiary/aromatic N) is 1. The van der Waals surface area contributed by atoms with E-state index in [9.17, 15) is 14.4 Å². The van der Waals surface area contributed by atoms with E-state index in [0.717, 1.165) is 0 Å². The van der Waals surface area contributed by atoms with E-state index in [0.29, 0.717) is 12.0 Å². The first-order valence-corrected chi connectivity index (χ1v) is 7.10. The van der Waals surface area contributed by atoms with Crippen LogP contribution >= 0.6 is 0 Å². The average molecular weight is 324 g/mol. The van der Waals surface area contributed by atoms with Crippen LogP contribution in [0.3, 0.4) is 0 Å². The molecule has 0 saturated carbocycles. The van der Waals surface area contributed by atoms with E-state index in [-0.39, 0.29) is 18.0 Å². The number of hydrogen-bond donors (Lipinski definition) is 4. The van der Waals surface area contributed by atoms with Crippen molar-refractivity contribution in [2.24, 2.45) is 10.9 Å². The van der Waals surface area contributed by atoms with E-state index in [1.54, 1.807) is 0 Å². The number of nitrogens with one attached hydrogen (secondary N) is 1. The van der Waals surface area contributed by atoms with Crippen LogP contribution in [0, 0.1) is 5.92 Å². The summed E-state index contributed by atoms with van der Waals surface area (Å²) in [5, 5.41) is 29.5. The summed E-state index contributed by atoms with van der Waals surface area (Å²) in [4.78, 5) is 37.1. The molecule has 1 aliphatic rings. The zero-order chi connectivity index (χ0) is 17.6. The SMILES string of the molecule is CC(C)CC(N=C/C=C1/C=C(C(=O)O)N[C@H](C(=O)O)C1)C(=O)O. The molecule has 1 aliphatic heterocycles. The molecule has 8 nitrogen and oxygen atoms in total. The third kappa shape index (κ3) is 5.93. The minimum Gasteiger partial charge on any atom is -0.480 e. The van der Waals surface area contributed by atoms with Gasteiger partial charge in [0.25, 0.3) is 0 Å². The molecule has 2 atom stereocenters. The first-order valence-electron chi connectivity index (χ1n) is 7.10. The Morgan fingerprint density at radius 3 is 2.48 bits per heavy atom. The van der Waals surface area contributed by atoms with Crippen LogP contribution in [0.25, 0.3) is 0 Å². The van der Waals surface area contributed by atoms with Crippen molar-refractivity contribution in [1.29, 1.82) is 0 Å². The predicted octanol–water partition coefficient (Wildman–Crippen LogP) is 0.898. The third-order valence-corrected chi connectivity index (χ3v) is 3.16. The maximum Gasteiger partial charge on any atom is 0.351 e. The van der Waals surface area contributed by atoms with E-state index in [1.165, 1.54) is 18.4 Å². The predicted molar refractivity (Wildman–Crippen MR) is 82.3 cm³/mol. The summed E-state index contributed by atoms with van der Waals surface area (Å²) in [6, 6.07) is -1.93. The summed E-state index contributed by atoms with van der Waals surface area (Å²) < 4.78 is 0. The van der Waals surface area contributed by atoms with Gasteiger partial charge in [0.2, 0.25) is 0 Å². The van der Waals surface area contributed by atoms with Crippen molar-refractivity contribution in [2.45, 2.75) is 38.8 Å². The molecule has 0 bridgehead atoms. The quantitative estimate of drug-likeness (QED) is 0.511. The standard InChI is InChI=1S/C15H20N2O6/c1-8(2)5-10(13(18)19)16-4-3-9-6-11(14(20)21)17-12(7-9)15(22)23/h3-4,6,8,10,12,17H,5,7H2,1-2H3,(H,18,19)(H,20,21)(H,22,23)/b9-3-,16-4?/t10?,12-/m0/s1. The molecule has 0 aliphatic carbocycles. The first-order chi connectivity index (χ1) is 10.7. The van der Waals surface area contributed by atoms with Gasteiger partial charge in [-0.1, -0.05) is 13.8 Å². The fourth-order valence-corrected chi connectivity index (χ4v) is 2.06. The lowest BCUT2D eigenvalue weighted by molar-refractivity contribution is -0.140. The number of aliphatic carboxylic acids is 3. The molecule has 23 heavy (non-hydrogen) atoms. The Kier molecular flexibility index (Phi) is 6.49. The van der Waals surface area contributed by atoms with Gasteiger partial charge in [-0.05, 0) is 30.1 Å². The molecule has 0 radical (unpaired) electrons. The van der Waals surface area contributed by atoms with Crippen molar-refractivity contribution in [3.8, 4) is 0 Å². The van der Waals surface area contributed by atoms with E-state index in [2.05, 4.69) is 10.3 Å². The van der Waals surface area contributed by atoms with Gasteiger partial charge in [0, 0.05) is 12.6 Å². The van der Waals surface area contributed by atoms with Gasteiger partial charge in [-0.15, -0.1) is 0 Å². The molecule has 4 N–H and O–H groups in total. The number of allylic oxidation sites excluding steroid dienone is 2. The third-order valence-electron chi connectivity index (χ3n) is 3.16. The normalized spacial score (nSPS) is 21.1.